The molecular formula is C15H17N3O2. The van der Waals surface area contributed by atoms with Gasteiger partial charge < -0.3 is 10.4 Å². The minimum absolute atomic E-state index is 0.0361. The summed E-state index contributed by atoms with van der Waals surface area (Å²) in [5.74, 6) is -0.242. The number of carbonyl (C=O) groups excluding carboxylic acids is 1. The van der Waals surface area contributed by atoms with Gasteiger partial charge in [-0.25, -0.2) is 4.98 Å². The molecule has 2 aromatic heterocycles. The van der Waals surface area contributed by atoms with Crippen molar-refractivity contribution in [2.75, 3.05) is 0 Å². The second-order valence-electron chi connectivity index (χ2n) is 4.59. The first-order chi connectivity index (χ1) is 9.60. The van der Waals surface area contributed by atoms with E-state index in [2.05, 4.69) is 15.3 Å². The van der Waals surface area contributed by atoms with Gasteiger partial charge in [-0.3, -0.25) is 9.78 Å². The van der Waals surface area contributed by atoms with Crippen LogP contribution in [0.5, 0.6) is 5.75 Å². The van der Waals surface area contributed by atoms with Crippen LogP contribution in [-0.4, -0.2) is 21.0 Å². The van der Waals surface area contributed by atoms with Gasteiger partial charge in [-0.15, -0.1) is 0 Å². The molecule has 0 aliphatic heterocycles. The Hall–Kier alpha value is -2.43. The van der Waals surface area contributed by atoms with Gasteiger partial charge >= 0.3 is 0 Å². The maximum Gasteiger partial charge on any atom is 0.270 e. The van der Waals surface area contributed by atoms with E-state index in [9.17, 15) is 9.90 Å². The molecule has 104 valence electrons. The molecule has 20 heavy (non-hydrogen) atoms. The monoisotopic (exact) mass is 271 g/mol. The molecule has 0 spiro atoms. The first kappa shape index (κ1) is 14.0. The summed E-state index contributed by atoms with van der Waals surface area (Å²) in [6.07, 6.45) is 3.72. The van der Waals surface area contributed by atoms with Gasteiger partial charge in [-0.1, -0.05) is 6.92 Å². The lowest BCUT2D eigenvalue weighted by Gasteiger charge is -2.16. The number of amides is 1. The summed E-state index contributed by atoms with van der Waals surface area (Å²) in [4.78, 5) is 20.3. The molecule has 0 aliphatic rings. The van der Waals surface area contributed by atoms with E-state index in [1.807, 2.05) is 26.0 Å². The molecule has 0 radical (unpaired) electrons. The zero-order chi connectivity index (χ0) is 14.5. The fourth-order valence-electron chi connectivity index (χ4n) is 1.89. The second kappa shape index (κ2) is 6.14. The van der Waals surface area contributed by atoms with Gasteiger partial charge in [0.1, 0.15) is 11.4 Å². The van der Waals surface area contributed by atoms with Crippen molar-refractivity contribution in [3.05, 3.63) is 53.6 Å². The van der Waals surface area contributed by atoms with Crippen molar-refractivity contribution in [1.29, 1.82) is 0 Å². The lowest BCUT2D eigenvalue weighted by molar-refractivity contribution is 0.0929. The number of rotatable bonds is 4. The number of hydrogen-bond donors (Lipinski definition) is 2. The highest BCUT2D eigenvalue weighted by Crippen LogP contribution is 2.16. The second-order valence-corrected chi connectivity index (χ2v) is 4.59. The summed E-state index contributed by atoms with van der Waals surface area (Å²) in [6, 6.07) is 6.64. The number of carbonyl (C=O) groups is 1. The number of aromatic nitrogens is 2. The summed E-state index contributed by atoms with van der Waals surface area (Å²) in [5.41, 5.74) is 2.21. The molecule has 0 aromatic carbocycles. The summed E-state index contributed by atoms with van der Waals surface area (Å²) >= 11 is 0. The normalized spacial score (nSPS) is 11.9. The Labute approximate surface area is 117 Å². The summed E-state index contributed by atoms with van der Waals surface area (Å²) < 4.78 is 0. The number of aromatic hydroxyl groups is 1. The zero-order valence-electron chi connectivity index (χ0n) is 11.5. The first-order valence-corrected chi connectivity index (χ1v) is 6.48. The first-order valence-electron chi connectivity index (χ1n) is 6.48. The van der Waals surface area contributed by atoms with Crippen LogP contribution in [0.25, 0.3) is 0 Å². The van der Waals surface area contributed by atoms with Crippen LogP contribution in [-0.2, 0) is 0 Å². The molecule has 0 saturated carbocycles. The SMILES string of the molecule is CC[C@H](NC(=O)c1ccc(O)cn1)c1cc(C)ccn1. The Morgan fingerprint density at radius 1 is 1.35 bits per heavy atom. The maximum atomic E-state index is 12.1. The third-order valence-corrected chi connectivity index (χ3v) is 2.99. The van der Waals surface area contributed by atoms with Crippen molar-refractivity contribution >= 4 is 5.91 Å². The van der Waals surface area contributed by atoms with E-state index in [0.717, 1.165) is 17.7 Å². The largest absolute Gasteiger partial charge is 0.506 e. The van der Waals surface area contributed by atoms with Crippen molar-refractivity contribution in [2.45, 2.75) is 26.3 Å². The van der Waals surface area contributed by atoms with E-state index < -0.39 is 0 Å². The molecule has 0 saturated heterocycles. The van der Waals surface area contributed by atoms with Gasteiger partial charge in [-0.2, -0.15) is 0 Å². The maximum absolute atomic E-state index is 12.1. The standard InChI is InChI=1S/C15H17N3O2/c1-3-12(14-8-10(2)6-7-16-14)18-15(20)13-5-4-11(19)9-17-13/h4-9,12,19H,3H2,1-2H3,(H,18,20)/t12-/m0/s1. The number of pyridine rings is 2. The Kier molecular flexibility index (Phi) is 4.30. The van der Waals surface area contributed by atoms with Crippen LogP contribution in [0.4, 0.5) is 0 Å². The Balaban J connectivity index is 2.14. The number of nitrogens with zero attached hydrogens (tertiary/aromatic N) is 2. The summed E-state index contributed by atoms with van der Waals surface area (Å²) in [7, 11) is 0. The Morgan fingerprint density at radius 2 is 2.15 bits per heavy atom. The van der Waals surface area contributed by atoms with Crippen LogP contribution < -0.4 is 5.32 Å². The molecule has 2 aromatic rings. The highest BCUT2D eigenvalue weighted by atomic mass is 16.3. The highest BCUT2D eigenvalue weighted by Gasteiger charge is 2.16. The van der Waals surface area contributed by atoms with Gasteiger partial charge in [0.15, 0.2) is 0 Å². The molecule has 1 atom stereocenters. The van der Waals surface area contributed by atoms with Gasteiger partial charge in [0, 0.05) is 6.20 Å². The Bertz CT molecular complexity index is 596. The predicted molar refractivity (Wildman–Crippen MR) is 75.4 cm³/mol. The quantitative estimate of drug-likeness (QED) is 0.895. The highest BCUT2D eigenvalue weighted by molar-refractivity contribution is 5.92. The van der Waals surface area contributed by atoms with E-state index in [1.54, 1.807) is 6.20 Å². The smallest absolute Gasteiger partial charge is 0.270 e. The van der Waals surface area contributed by atoms with E-state index in [0.29, 0.717) is 0 Å². The molecule has 5 heteroatoms. The molecule has 0 aliphatic carbocycles. The molecule has 5 nitrogen and oxygen atoms in total. The van der Waals surface area contributed by atoms with Gasteiger partial charge in [0.25, 0.3) is 5.91 Å². The van der Waals surface area contributed by atoms with E-state index in [4.69, 9.17) is 0 Å². The van der Waals surface area contributed by atoms with Gasteiger partial charge in [-0.05, 0) is 43.2 Å². The third-order valence-electron chi connectivity index (χ3n) is 2.99. The van der Waals surface area contributed by atoms with Gasteiger partial charge in [0.05, 0.1) is 17.9 Å². The topological polar surface area (TPSA) is 75.1 Å². The fourth-order valence-corrected chi connectivity index (χ4v) is 1.89. The summed E-state index contributed by atoms with van der Waals surface area (Å²) in [6.45, 7) is 3.97. The van der Waals surface area contributed by atoms with Crippen LogP contribution in [0.3, 0.4) is 0 Å². The number of hydrogen-bond acceptors (Lipinski definition) is 4. The molecule has 0 unspecified atom stereocenters. The minimum atomic E-state index is -0.278. The molecule has 2 N–H and O–H groups in total. The zero-order valence-corrected chi connectivity index (χ0v) is 11.5. The number of nitrogens with one attached hydrogen (secondary N) is 1. The summed E-state index contributed by atoms with van der Waals surface area (Å²) in [5, 5.41) is 12.1. The molecule has 0 fully saturated rings. The third kappa shape index (κ3) is 3.32. The predicted octanol–water partition coefficient (Wildman–Crippen LogP) is 2.37. The van der Waals surface area contributed by atoms with Crippen LogP contribution >= 0.6 is 0 Å². The van der Waals surface area contributed by atoms with E-state index in [-0.39, 0.29) is 23.4 Å². The average Bonchev–Trinajstić information content (AvgIpc) is 2.45. The fraction of sp³-hybridized carbons (Fsp3) is 0.267. The van der Waals surface area contributed by atoms with Crippen molar-refractivity contribution in [3.63, 3.8) is 0 Å². The molecule has 2 heterocycles. The van der Waals surface area contributed by atoms with Crippen LogP contribution in [0.1, 0.15) is 41.1 Å². The number of aryl methyl sites for hydroxylation is 1. The van der Waals surface area contributed by atoms with Crippen molar-refractivity contribution in [1.82, 2.24) is 15.3 Å². The van der Waals surface area contributed by atoms with Crippen molar-refractivity contribution < 1.29 is 9.90 Å². The molecule has 2 rings (SSSR count). The van der Waals surface area contributed by atoms with Crippen LogP contribution in [0, 0.1) is 6.92 Å². The molecular weight excluding hydrogens is 254 g/mol. The van der Waals surface area contributed by atoms with Gasteiger partial charge in [0.2, 0.25) is 0 Å². The molecule has 0 bridgehead atoms. The van der Waals surface area contributed by atoms with Crippen LogP contribution in [0.15, 0.2) is 36.7 Å². The Morgan fingerprint density at radius 3 is 2.75 bits per heavy atom. The van der Waals surface area contributed by atoms with Crippen molar-refractivity contribution in [3.8, 4) is 5.75 Å². The van der Waals surface area contributed by atoms with Crippen LogP contribution in [0.2, 0.25) is 0 Å². The van der Waals surface area contributed by atoms with E-state index in [1.165, 1.54) is 18.3 Å². The van der Waals surface area contributed by atoms with E-state index >= 15 is 0 Å². The van der Waals surface area contributed by atoms with Crippen molar-refractivity contribution in [2.24, 2.45) is 0 Å². The lowest BCUT2D eigenvalue weighted by Crippen LogP contribution is -2.29. The average molecular weight is 271 g/mol. The molecule has 1 amide bonds. The lowest BCUT2D eigenvalue weighted by atomic mass is 10.1. The minimum Gasteiger partial charge on any atom is -0.506 e.